The Labute approximate surface area is 138 Å². The Hall–Kier alpha value is -2.72. The molecule has 0 unspecified atom stereocenters. The van der Waals surface area contributed by atoms with Crippen LogP contribution in [0.2, 0.25) is 5.02 Å². The van der Waals surface area contributed by atoms with Gasteiger partial charge in [-0.2, -0.15) is 0 Å². The summed E-state index contributed by atoms with van der Waals surface area (Å²) in [5.41, 5.74) is 1.72. The maximum atomic E-state index is 12.5. The van der Waals surface area contributed by atoms with E-state index in [-0.39, 0.29) is 17.3 Å². The average molecular weight is 326 g/mol. The van der Waals surface area contributed by atoms with Gasteiger partial charge in [-0.3, -0.25) is 14.4 Å². The second-order valence-electron chi connectivity index (χ2n) is 5.11. The molecule has 0 saturated heterocycles. The second kappa shape index (κ2) is 5.82. The number of fused-ring (bicyclic) bond motifs is 1. The highest BCUT2D eigenvalue weighted by molar-refractivity contribution is 6.41. The van der Waals surface area contributed by atoms with Crippen molar-refractivity contribution in [2.75, 3.05) is 4.90 Å². The number of para-hydroxylation sites is 1. The standard InChI is InChI=1S/C18H12ClNO3/c1-11(21)20-16-5-3-2-4-14(16)15(18(20)23)10-17(22)12-6-8-13(19)9-7-12/h2-10H,1H3/b15-10+. The first-order valence-corrected chi connectivity index (χ1v) is 7.33. The van der Waals surface area contributed by atoms with E-state index in [9.17, 15) is 14.4 Å². The monoisotopic (exact) mass is 325 g/mol. The molecule has 0 saturated carbocycles. The number of allylic oxidation sites excluding steroid dienone is 1. The molecule has 0 spiro atoms. The van der Waals surface area contributed by atoms with Crippen LogP contribution in [0.5, 0.6) is 0 Å². The van der Waals surface area contributed by atoms with Gasteiger partial charge in [-0.25, -0.2) is 4.90 Å². The SMILES string of the molecule is CC(=O)N1C(=O)/C(=C/C(=O)c2ccc(Cl)cc2)c2ccccc21. The van der Waals surface area contributed by atoms with E-state index >= 15 is 0 Å². The van der Waals surface area contributed by atoms with Gasteiger partial charge in [0.05, 0.1) is 11.3 Å². The lowest BCUT2D eigenvalue weighted by Gasteiger charge is -2.11. The number of nitrogens with zero attached hydrogens (tertiary/aromatic N) is 1. The van der Waals surface area contributed by atoms with Crippen LogP contribution in [-0.4, -0.2) is 17.6 Å². The van der Waals surface area contributed by atoms with E-state index in [0.717, 1.165) is 4.90 Å². The molecule has 1 aliphatic rings. The number of anilines is 1. The van der Waals surface area contributed by atoms with Crippen molar-refractivity contribution in [3.05, 3.63) is 70.8 Å². The fourth-order valence-electron chi connectivity index (χ4n) is 2.52. The molecule has 0 fully saturated rings. The van der Waals surface area contributed by atoms with Crippen LogP contribution in [0.4, 0.5) is 5.69 Å². The van der Waals surface area contributed by atoms with Crippen molar-refractivity contribution in [1.29, 1.82) is 0 Å². The predicted molar refractivity (Wildman–Crippen MR) is 88.4 cm³/mol. The fourth-order valence-corrected chi connectivity index (χ4v) is 2.65. The summed E-state index contributed by atoms with van der Waals surface area (Å²) >= 11 is 5.81. The van der Waals surface area contributed by atoms with Crippen LogP contribution < -0.4 is 4.90 Å². The number of ketones is 1. The molecule has 3 rings (SSSR count). The van der Waals surface area contributed by atoms with Crippen molar-refractivity contribution in [2.45, 2.75) is 6.92 Å². The summed E-state index contributed by atoms with van der Waals surface area (Å²) in [5, 5.41) is 0.527. The molecule has 1 heterocycles. The second-order valence-corrected chi connectivity index (χ2v) is 5.54. The Bertz CT molecular complexity index is 853. The Kier molecular flexibility index (Phi) is 3.84. The van der Waals surface area contributed by atoms with Gasteiger partial charge in [0.2, 0.25) is 5.91 Å². The van der Waals surface area contributed by atoms with Crippen molar-refractivity contribution in [2.24, 2.45) is 0 Å². The third-order valence-electron chi connectivity index (χ3n) is 3.59. The number of hydrogen-bond acceptors (Lipinski definition) is 3. The fraction of sp³-hybridized carbons (Fsp3) is 0.0556. The predicted octanol–water partition coefficient (Wildman–Crippen LogP) is 3.50. The molecule has 2 aromatic carbocycles. The Balaban J connectivity index is 2.05. The highest BCUT2D eigenvalue weighted by Gasteiger charge is 2.35. The molecule has 0 radical (unpaired) electrons. The number of imide groups is 1. The summed E-state index contributed by atoms with van der Waals surface area (Å²) in [6.07, 6.45) is 1.27. The van der Waals surface area contributed by atoms with E-state index in [1.807, 2.05) is 0 Å². The third-order valence-corrected chi connectivity index (χ3v) is 3.84. The Morgan fingerprint density at radius 2 is 1.70 bits per heavy atom. The molecule has 0 bridgehead atoms. The third kappa shape index (κ3) is 2.69. The van der Waals surface area contributed by atoms with Crippen molar-refractivity contribution in [3.63, 3.8) is 0 Å². The van der Waals surface area contributed by atoms with E-state index in [0.29, 0.717) is 21.8 Å². The first kappa shape index (κ1) is 15.2. The molecule has 0 N–H and O–H groups in total. The van der Waals surface area contributed by atoms with E-state index < -0.39 is 5.91 Å². The zero-order chi connectivity index (χ0) is 16.6. The summed E-state index contributed by atoms with van der Waals surface area (Å²) in [4.78, 5) is 37.7. The van der Waals surface area contributed by atoms with Crippen molar-refractivity contribution in [1.82, 2.24) is 0 Å². The van der Waals surface area contributed by atoms with E-state index in [4.69, 9.17) is 11.6 Å². The Morgan fingerprint density at radius 1 is 1.04 bits per heavy atom. The van der Waals surface area contributed by atoms with Crippen LogP contribution >= 0.6 is 11.6 Å². The molecular weight excluding hydrogens is 314 g/mol. The maximum Gasteiger partial charge on any atom is 0.265 e. The summed E-state index contributed by atoms with van der Waals surface area (Å²) in [6, 6.07) is 13.3. The van der Waals surface area contributed by atoms with Crippen LogP contribution in [0, 0.1) is 0 Å². The molecule has 2 amide bonds. The van der Waals surface area contributed by atoms with E-state index in [1.165, 1.54) is 13.0 Å². The summed E-state index contributed by atoms with van der Waals surface area (Å²) in [6.45, 7) is 1.32. The van der Waals surface area contributed by atoms with E-state index in [1.54, 1.807) is 48.5 Å². The van der Waals surface area contributed by atoms with Crippen LogP contribution in [-0.2, 0) is 9.59 Å². The molecule has 0 aliphatic carbocycles. The summed E-state index contributed by atoms with van der Waals surface area (Å²) < 4.78 is 0. The Morgan fingerprint density at radius 3 is 2.35 bits per heavy atom. The van der Waals surface area contributed by atoms with Crippen LogP contribution in [0.1, 0.15) is 22.8 Å². The van der Waals surface area contributed by atoms with Gasteiger partial charge in [-0.1, -0.05) is 29.8 Å². The molecule has 23 heavy (non-hydrogen) atoms. The van der Waals surface area contributed by atoms with Gasteiger partial charge in [-0.05, 0) is 36.4 Å². The summed E-state index contributed by atoms with van der Waals surface area (Å²) in [7, 11) is 0. The van der Waals surface area contributed by atoms with Crippen LogP contribution in [0.25, 0.3) is 5.57 Å². The van der Waals surface area contributed by atoms with Gasteiger partial charge in [0.1, 0.15) is 0 Å². The zero-order valence-corrected chi connectivity index (χ0v) is 13.0. The minimum atomic E-state index is -0.485. The quantitative estimate of drug-likeness (QED) is 0.627. The maximum absolute atomic E-state index is 12.5. The van der Waals surface area contributed by atoms with Gasteiger partial charge >= 0.3 is 0 Å². The molecule has 0 atom stereocenters. The lowest BCUT2D eigenvalue weighted by atomic mass is 10.0. The minimum Gasteiger partial charge on any atom is -0.289 e. The lowest BCUT2D eigenvalue weighted by Crippen LogP contribution is -2.31. The van der Waals surface area contributed by atoms with Gasteiger partial charge in [0.15, 0.2) is 5.78 Å². The van der Waals surface area contributed by atoms with Gasteiger partial charge in [0.25, 0.3) is 5.91 Å². The van der Waals surface area contributed by atoms with Gasteiger partial charge < -0.3 is 0 Å². The molecular formula is C18H12ClNO3. The molecule has 5 heteroatoms. The summed E-state index contributed by atoms with van der Waals surface area (Å²) in [5.74, 6) is -1.18. The number of rotatable bonds is 2. The van der Waals surface area contributed by atoms with E-state index in [2.05, 4.69) is 0 Å². The first-order chi connectivity index (χ1) is 11.0. The van der Waals surface area contributed by atoms with Crippen molar-refractivity contribution < 1.29 is 14.4 Å². The number of halogens is 1. The number of benzene rings is 2. The van der Waals surface area contributed by atoms with Crippen molar-refractivity contribution >= 4 is 40.5 Å². The molecule has 2 aromatic rings. The molecule has 0 aromatic heterocycles. The number of carbonyl (C=O) groups is 3. The first-order valence-electron chi connectivity index (χ1n) is 6.95. The average Bonchev–Trinajstić information content (AvgIpc) is 2.80. The van der Waals surface area contributed by atoms with Crippen LogP contribution in [0.15, 0.2) is 54.6 Å². The number of amides is 2. The molecule has 4 nitrogen and oxygen atoms in total. The highest BCUT2D eigenvalue weighted by atomic mass is 35.5. The van der Waals surface area contributed by atoms with Gasteiger partial charge in [0, 0.05) is 23.1 Å². The van der Waals surface area contributed by atoms with Gasteiger partial charge in [-0.15, -0.1) is 0 Å². The number of hydrogen-bond donors (Lipinski definition) is 0. The smallest absolute Gasteiger partial charge is 0.265 e. The topological polar surface area (TPSA) is 54.5 Å². The largest absolute Gasteiger partial charge is 0.289 e. The normalized spacial score (nSPS) is 15.0. The zero-order valence-electron chi connectivity index (χ0n) is 12.2. The molecule has 114 valence electrons. The highest BCUT2D eigenvalue weighted by Crippen LogP contribution is 2.36. The van der Waals surface area contributed by atoms with Crippen molar-refractivity contribution in [3.8, 4) is 0 Å². The van der Waals surface area contributed by atoms with Crippen LogP contribution in [0.3, 0.4) is 0 Å². The molecule has 1 aliphatic heterocycles. The minimum absolute atomic E-state index is 0.218. The number of carbonyl (C=O) groups excluding carboxylic acids is 3. The lowest BCUT2D eigenvalue weighted by molar-refractivity contribution is -0.122.